The van der Waals surface area contributed by atoms with E-state index in [9.17, 15) is 14.4 Å². The standard InChI is InChI=1S/C15H21NO4.C6H13NO2/c1-9-4-5-12(8-10(9)2)6-7-13(15(19)20)16-11(3)14(17)18;1-4(2)3-5(7)6(8)9/h4-5,8,11,13,16H,6-7H2,1-3H3,(H,17,18)(H,19,20);4-5H,3,7H2,1-2H3,(H,8,9)/t11-,13+;5-/m10/s1. The zero-order valence-electron chi connectivity index (χ0n) is 17.8. The molecule has 0 heterocycles. The van der Waals surface area contributed by atoms with Gasteiger partial charge in [-0.15, -0.1) is 0 Å². The largest absolute Gasteiger partial charge is 0.480 e. The average molecular weight is 411 g/mol. The minimum Gasteiger partial charge on any atom is -0.480 e. The number of benzene rings is 1. The van der Waals surface area contributed by atoms with E-state index < -0.39 is 36.0 Å². The van der Waals surface area contributed by atoms with E-state index >= 15 is 0 Å². The van der Waals surface area contributed by atoms with E-state index in [2.05, 4.69) is 5.32 Å². The van der Waals surface area contributed by atoms with Gasteiger partial charge in [0.15, 0.2) is 0 Å². The quantitative estimate of drug-likeness (QED) is 0.394. The lowest BCUT2D eigenvalue weighted by Gasteiger charge is -2.17. The van der Waals surface area contributed by atoms with Crippen LogP contribution in [0.4, 0.5) is 0 Å². The molecule has 29 heavy (non-hydrogen) atoms. The predicted octanol–water partition coefficient (Wildman–Crippen LogP) is 2.20. The van der Waals surface area contributed by atoms with Crippen LogP contribution < -0.4 is 11.1 Å². The second-order valence-corrected chi connectivity index (χ2v) is 7.65. The van der Waals surface area contributed by atoms with Gasteiger partial charge in [0, 0.05) is 0 Å². The van der Waals surface area contributed by atoms with Crippen LogP contribution in [0.15, 0.2) is 18.2 Å². The van der Waals surface area contributed by atoms with Gasteiger partial charge in [0.05, 0.1) is 0 Å². The lowest BCUT2D eigenvalue weighted by molar-refractivity contribution is -0.142. The molecule has 8 nitrogen and oxygen atoms in total. The highest BCUT2D eigenvalue weighted by molar-refractivity contribution is 5.77. The number of aliphatic carboxylic acids is 3. The fourth-order valence-corrected chi connectivity index (χ4v) is 2.53. The minimum atomic E-state index is -1.05. The molecule has 0 aliphatic rings. The lowest BCUT2D eigenvalue weighted by Crippen LogP contribution is -2.45. The highest BCUT2D eigenvalue weighted by Crippen LogP contribution is 2.12. The zero-order valence-corrected chi connectivity index (χ0v) is 17.8. The number of aryl methyl sites for hydroxylation is 3. The molecule has 0 aliphatic carbocycles. The number of carboxylic acid groups (broad SMARTS) is 3. The Morgan fingerprint density at radius 2 is 1.55 bits per heavy atom. The van der Waals surface area contributed by atoms with Crippen molar-refractivity contribution in [2.45, 2.75) is 72.0 Å². The molecule has 0 aliphatic heterocycles. The molecule has 8 heteroatoms. The summed E-state index contributed by atoms with van der Waals surface area (Å²) in [5, 5.41) is 28.9. The smallest absolute Gasteiger partial charge is 0.320 e. The number of carbonyl (C=O) groups is 3. The van der Waals surface area contributed by atoms with Gasteiger partial charge >= 0.3 is 17.9 Å². The summed E-state index contributed by atoms with van der Waals surface area (Å²) in [6.07, 6.45) is 1.50. The summed E-state index contributed by atoms with van der Waals surface area (Å²) in [5.74, 6) is -2.64. The Balaban J connectivity index is 0.000000734. The van der Waals surface area contributed by atoms with E-state index in [1.807, 2.05) is 45.9 Å². The van der Waals surface area contributed by atoms with E-state index in [0.717, 1.165) is 5.56 Å². The molecule has 1 rings (SSSR count). The van der Waals surface area contributed by atoms with Crippen molar-refractivity contribution < 1.29 is 29.7 Å². The summed E-state index contributed by atoms with van der Waals surface area (Å²) in [5.41, 5.74) is 8.64. The Kier molecular flexibility index (Phi) is 11.8. The molecule has 0 unspecified atom stereocenters. The summed E-state index contributed by atoms with van der Waals surface area (Å²) in [7, 11) is 0. The second kappa shape index (κ2) is 12.9. The van der Waals surface area contributed by atoms with Gasteiger partial charge in [0.2, 0.25) is 0 Å². The number of rotatable bonds is 10. The fraction of sp³-hybridized carbons (Fsp3) is 0.571. The van der Waals surface area contributed by atoms with Crippen molar-refractivity contribution in [1.29, 1.82) is 0 Å². The SMILES string of the molecule is CC(C)C[C@H](N)C(=O)O.Cc1ccc(CC[C@H](N[C@H](C)C(=O)O)C(=O)O)cc1C. The third kappa shape index (κ3) is 11.2. The van der Waals surface area contributed by atoms with Gasteiger partial charge in [0.25, 0.3) is 0 Å². The summed E-state index contributed by atoms with van der Waals surface area (Å²) >= 11 is 0. The van der Waals surface area contributed by atoms with Crippen LogP contribution in [0.3, 0.4) is 0 Å². The first-order valence-electron chi connectivity index (χ1n) is 9.61. The summed E-state index contributed by atoms with van der Waals surface area (Å²) in [4.78, 5) is 32.0. The monoisotopic (exact) mass is 410 g/mol. The van der Waals surface area contributed by atoms with Gasteiger partial charge in [-0.3, -0.25) is 19.7 Å². The molecule has 0 spiro atoms. The fourth-order valence-electron chi connectivity index (χ4n) is 2.53. The molecule has 0 fully saturated rings. The first-order valence-corrected chi connectivity index (χ1v) is 9.61. The maximum Gasteiger partial charge on any atom is 0.320 e. The molecule has 3 atom stereocenters. The first-order chi connectivity index (χ1) is 13.3. The number of hydrogen-bond acceptors (Lipinski definition) is 5. The normalized spacial score (nSPS) is 13.8. The Labute approximate surface area is 172 Å². The molecular formula is C21H34N2O6. The Morgan fingerprint density at radius 1 is 0.966 bits per heavy atom. The number of hydrogen-bond donors (Lipinski definition) is 5. The van der Waals surface area contributed by atoms with Crippen molar-refractivity contribution in [3.8, 4) is 0 Å². The van der Waals surface area contributed by atoms with Crippen LogP contribution in [0.5, 0.6) is 0 Å². The van der Waals surface area contributed by atoms with Crippen LogP contribution in [0.25, 0.3) is 0 Å². The van der Waals surface area contributed by atoms with Crippen LogP contribution in [0.1, 0.15) is 50.3 Å². The Hall–Kier alpha value is -2.45. The molecule has 0 aromatic heterocycles. The van der Waals surface area contributed by atoms with Crippen LogP contribution in [0, 0.1) is 19.8 Å². The third-order valence-corrected chi connectivity index (χ3v) is 4.46. The molecule has 1 aromatic carbocycles. The minimum absolute atomic E-state index is 0.357. The van der Waals surface area contributed by atoms with Gasteiger partial charge in [-0.05, 0) is 62.6 Å². The Morgan fingerprint density at radius 3 is 1.93 bits per heavy atom. The third-order valence-electron chi connectivity index (χ3n) is 4.46. The van der Waals surface area contributed by atoms with Crippen molar-refractivity contribution in [2.75, 3.05) is 0 Å². The van der Waals surface area contributed by atoms with Crippen LogP contribution in [0.2, 0.25) is 0 Å². The van der Waals surface area contributed by atoms with Crippen molar-refractivity contribution in [3.05, 3.63) is 34.9 Å². The predicted molar refractivity (Wildman–Crippen MR) is 111 cm³/mol. The van der Waals surface area contributed by atoms with E-state index in [4.69, 9.17) is 21.1 Å². The molecule has 164 valence electrons. The molecular weight excluding hydrogens is 376 g/mol. The van der Waals surface area contributed by atoms with Gasteiger partial charge in [-0.25, -0.2) is 0 Å². The van der Waals surface area contributed by atoms with Crippen LogP contribution in [-0.2, 0) is 20.8 Å². The molecule has 0 saturated heterocycles. The van der Waals surface area contributed by atoms with E-state index in [-0.39, 0.29) is 0 Å². The first kappa shape index (κ1) is 26.6. The van der Waals surface area contributed by atoms with E-state index in [1.54, 1.807) is 0 Å². The second-order valence-electron chi connectivity index (χ2n) is 7.65. The van der Waals surface area contributed by atoms with Crippen LogP contribution >= 0.6 is 0 Å². The summed E-state index contributed by atoms with van der Waals surface area (Å²) in [6.45, 7) is 9.37. The molecule has 6 N–H and O–H groups in total. The topological polar surface area (TPSA) is 150 Å². The molecule has 0 saturated carbocycles. The number of nitrogens with two attached hydrogens (primary N) is 1. The van der Waals surface area contributed by atoms with Gasteiger partial charge < -0.3 is 21.1 Å². The molecule has 0 radical (unpaired) electrons. The molecule has 0 bridgehead atoms. The lowest BCUT2D eigenvalue weighted by atomic mass is 10.0. The van der Waals surface area contributed by atoms with E-state index in [1.165, 1.54) is 18.1 Å². The van der Waals surface area contributed by atoms with Crippen molar-refractivity contribution in [1.82, 2.24) is 5.32 Å². The Bertz CT molecular complexity index is 690. The zero-order chi connectivity index (χ0) is 22.7. The van der Waals surface area contributed by atoms with Crippen molar-refractivity contribution >= 4 is 17.9 Å². The van der Waals surface area contributed by atoms with Crippen LogP contribution in [-0.4, -0.2) is 51.4 Å². The van der Waals surface area contributed by atoms with E-state index in [0.29, 0.717) is 25.2 Å². The number of carboxylic acids is 3. The molecule has 0 amide bonds. The highest BCUT2D eigenvalue weighted by atomic mass is 16.4. The van der Waals surface area contributed by atoms with Gasteiger partial charge in [-0.2, -0.15) is 0 Å². The van der Waals surface area contributed by atoms with Crippen molar-refractivity contribution in [2.24, 2.45) is 11.7 Å². The van der Waals surface area contributed by atoms with Gasteiger partial charge in [0.1, 0.15) is 18.1 Å². The highest BCUT2D eigenvalue weighted by Gasteiger charge is 2.22. The maximum absolute atomic E-state index is 11.1. The van der Waals surface area contributed by atoms with Crippen molar-refractivity contribution in [3.63, 3.8) is 0 Å². The summed E-state index contributed by atoms with van der Waals surface area (Å²) in [6, 6.07) is 3.59. The van der Waals surface area contributed by atoms with Gasteiger partial charge in [-0.1, -0.05) is 32.0 Å². The number of nitrogens with one attached hydrogen (secondary N) is 1. The maximum atomic E-state index is 11.1. The average Bonchev–Trinajstić information content (AvgIpc) is 2.60. The summed E-state index contributed by atoms with van der Waals surface area (Å²) < 4.78 is 0. The molecule has 1 aromatic rings.